The summed E-state index contributed by atoms with van der Waals surface area (Å²) >= 11 is 0. The van der Waals surface area contributed by atoms with Crippen molar-refractivity contribution in [3.63, 3.8) is 0 Å². The Labute approximate surface area is 77.8 Å². The van der Waals surface area contributed by atoms with E-state index >= 15 is 0 Å². The van der Waals surface area contributed by atoms with Crippen LogP contribution in [0.25, 0.3) is 0 Å². The van der Waals surface area contributed by atoms with Crippen molar-refractivity contribution in [3.8, 4) is 6.07 Å². The predicted molar refractivity (Wildman–Crippen MR) is 47.0 cm³/mol. The number of hydrogen-bond acceptors (Lipinski definition) is 3. The fourth-order valence-electron chi connectivity index (χ4n) is 1.52. The molecule has 1 heterocycles. The SMILES string of the molecule is CC(C(=O)O)C1CN(CCC#N)C1. The third kappa shape index (κ3) is 2.43. The van der Waals surface area contributed by atoms with Crippen molar-refractivity contribution in [3.05, 3.63) is 0 Å². The number of carboxylic acids is 1. The van der Waals surface area contributed by atoms with Gasteiger partial charge in [0.1, 0.15) is 0 Å². The van der Waals surface area contributed by atoms with Crippen molar-refractivity contribution in [2.45, 2.75) is 13.3 Å². The monoisotopic (exact) mass is 182 g/mol. The van der Waals surface area contributed by atoms with Gasteiger partial charge in [-0.2, -0.15) is 5.26 Å². The highest BCUT2D eigenvalue weighted by Gasteiger charge is 2.33. The molecule has 13 heavy (non-hydrogen) atoms. The molecule has 4 nitrogen and oxygen atoms in total. The average Bonchev–Trinajstić information content (AvgIpc) is 2.01. The summed E-state index contributed by atoms with van der Waals surface area (Å²) in [7, 11) is 0. The Bertz CT molecular complexity index is 228. The van der Waals surface area contributed by atoms with Crippen molar-refractivity contribution in [2.24, 2.45) is 11.8 Å². The lowest BCUT2D eigenvalue weighted by Gasteiger charge is -2.40. The van der Waals surface area contributed by atoms with Crippen LogP contribution < -0.4 is 0 Å². The van der Waals surface area contributed by atoms with Gasteiger partial charge in [-0.05, 0) is 5.92 Å². The molecule has 0 saturated carbocycles. The molecule has 1 fully saturated rings. The molecule has 1 unspecified atom stereocenters. The molecule has 0 aliphatic carbocycles. The highest BCUT2D eigenvalue weighted by Crippen LogP contribution is 2.23. The zero-order valence-electron chi connectivity index (χ0n) is 7.73. The largest absolute Gasteiger partial charge is 0.481 e. The molecule has 1 N–H and O–H groups in total. The number of nitrogens with zero attached hydrogens (tertiary/aromatic N) is 2. The van der Waals surface area contributed by atoms with E-state index in [1.165, 1.54) is 0 Å². The molecule has 0 radical (unpaired) electrons. The first-order valence-electron chi connectivity index (χ1n) is 4.47. The van der Waals surface area contributed by atoms with Crippen LogP contribution in [0, 0.1) is 23.2 Å². The first kappa shape index (κ1) is 10.0. The van der Waals surface area contributed by atoms with Crippen LogP contribution in [0.2, 0.25) is 0 Å². The van der Waals surface area contributed by atoms with Crippen LogP contribution in [0.4, 0.5) is 0 Å². The number of carbonyl (C=O) groups is 1. The number of rotatable bonds is 4. The summed E-state index contributed by atoms with van der Waals surface area (Å²) in [5.41, 5.74) is 0. The van der Waals surface area contributed by atoms with E-state index in [-0.39, 0.29) is 11.8 Å². The zero-order valence-corrected chi connectivity index (χ0v) is 7.73. The summed E-state index contributed by atoms with van der Waals surface area (Å²) in [6.45, 7) is 4.18. The van der Waals surface area contributed by atoms with Crippen LogP contribution in [-0.2, 0) is 4.79 Å². The zero-order chi connectivity index (χ0) is 9.84. The van der Waals surface area contributed by atoms with E-state index in [1.807, 2.05) is 0 Å². The van der Waals surface area contributed by atoms with E-state index in [9.17, 15) is 4.79 Å². The van der Waals surface area contributed by atoms with E-state index in [4.69, 9.17) is 10.4 Å². The van der Waals surface area contributed by atoms with Gasteiger partial charge in [-0.3, -0.25) is 4.79 Å². The van der Waals surface area contributed by atoms with Gasteiger partial charge in [0.2, 0.25) is 0 Å². The molecule has 4 heteroatoms. The third-order valence-corrected chi connectivity index (χ3v) is 2.62. The molecule has 1 aliphatic rings. The number of carboxylic acid groups (broad SMARTS) is 1. The van der Waals surface area contributed by atoms with E-state index in [1.54, 1.807) is 6.92 Å². The minimum Gasteiger partial charge on any atom is -0.481 e. The summed E-state index contributed by atoms with van der Waals surface area (Å²) in [5, 5.41) is 17.0. The van der Waals surface area contributed by atoms with Gasteiger partial charge in [0, 0.05) is 26.1 Å². The van der Waals surface area contributed by atoms with Crippen LogP contribution in [0.15, 0.2) is 0 Å². The normalized spacial score (nSPS) is 20.3. The molecule has 1 aliphatic heterocycles. The fraction of sp³-hybridized carbons (Fsp3) is 0.778. The molecule has 1 atom stereocenters. The third-order valence-electron chi connectivity index (χ3n) is 2.62. The molecule has 0 spiro atoms. The summed E-state index contributed by atoms with van der Waals surface area (Å²) in [6.07, 6.45) is 0.536. The van der Waals surface area contributed by atoms with Gasteiger partial charge in [-0.15, -0.1) is 0 Å². The summed E-state index contributed by atoms with van der Waals surface area (Å²) in [4.78, 5) is 12.7. The Balaban J connectivity index is 2.18. The van der Waals surface area contributed by atoms with Gasteiger partial charge >= 0.3 is 5.97 Å². The minimum atomic E-state index is -0.718. The molecule has 0 aromatic heterocycles. The Morgan fingerprint density at radius 3 is 2.85 bits per heavy atom. The summed E-state index contributed by atoms with van der Waals surface area (Å²) < 4.78 is 0. The fourth-order valence-corrected chi connectivity index (χ4v) is 1.52. The van der Waals surface area contributed by atoms with E-state index in [0.717, 1.165) is 19.6 Å². The minimum absolute atomic E-state index is 0.252. The number of aliphatic carboxylic acids is 1. The van der Waals surface area contributed by atoms with Crippen molar-refractivity contribution in [2.75, 3.05) is 19.6 Å². The van der Waals surface area contributed by atoms with Crippen molar-refractivity contribution in [1.82, 2.24) is 4.90 Å². The maximum Gasteiger partial charge on any atom is 0.306 e. The molecular formula is C9H14N2O2. The van der Waals surface area contributed by atoms with Gasteiger partial charge in [0.05, 0.1) is 12.0 Å². The van der Waals surface area contributed by atoms with E-state index in [0.29, 0.717) is 6.42 Å². The number of hydrogen-bond donors (Lipinski definition) is 1. The van der Waals surface area contributed by atoms with Crippen LogP contribution in [0.5, 0.6) is 0 Å². The molecule has 1 saturated heterocycles. The Kier molecular flexibility index (Phi) is 3.26. The highest BCUT2D eigenvalue weighted by molar-refractivity contribution is 5.70. The first-order chi connectivity index (χ1) is 6.15. The van der Waals surface area contributed by atoms with Crippen LogP contribution in [-0.4, -0.2) is 35.6 Å². The molecular weight excluding hydrogens is 168 g/mol. The maximum atomic E-state index is 10.6. The topological polar surface area (TPSA) is 64.3 Å². The van der Waals surface area contributed by atoms with Crippen LogP contribution in [0.1, 0.15) is 13.3 Å². The molecule has 0 aromatic carbocycles. The lowest BCUT2D eigenvalue weighted by molar-refractivity contribution is -0.145. The average molecular weight is 182 g/mol. The molecule has 72 valence electrons. The van der Waals surface area contributed by atoms with Gasteiger partial charge in [-0.1, -0.05) is 6.92 Å². The maximum absolute atomic E-state index is 10.6. The standard InChI is InChI=1S/C9H14N2O2/c1-7(9(12)13)8-5-11(6-8)4-2-3-10/h7-8H,2,4-6H2,1H3,(H,12,13). The predicted octanol–water partition coefficient (Wildman–Crippen LogP) is 0.553. The van der Waals surface area contributed by atoms with Gasteiger partial charge in [0.25, 0.3) is 0 Å². The summed E-state index contributed by atoms with van der Waals surface area (Å²) in [6, 6.07) is 2.08. The lowest BCUT2D eigenvalue weighted by atomic mass is 9.87. The van der Waals surface area contributed by atoms with E-state index < -0.39 is 5.97 Å². The smallest absolute Gasteiger partial charge is 0.306 e. The van der Waals surface area contributed by atoms with Crippen molar-refractivity contribution < 1.29 is 9.90 Å². The molecule has 0 amide bonds. The number of likely N-dealkylation sites (tertiary alicyclic amines) is 1. The second-order valence-electron chi connectivity index (χ2n) is 3.55. The molecule has 1 rings (SSSR count). The second kappa shape index (κ2) is 4.24. The highest BCUT2D eigenvalue weighted by atomic mass is 16.4. The van der Waals surface area contributed by atoms with Crippen LogP contribution in [0.3, 0.4) is 0 Å². The Morgan fingerprint density at radius 2 is 2.38 bits per heavy atom. The van der Waals surface area contributed by atoms with Crippen molar-refractivity contribution in [1.29, 1.82) is 5.26 Å². The van der Waals surface area contributed by atoms with Gasteiger partial charge < -0.3 is 10.0 Å². The molecule has 0 bridgehead atoms. The van der Waals surface area contributed by atoms with Crippen molar-refractivity contribution >= 4 is 5.97 Å². The van der Waals surface area contributed by atoms with Crippen LogP contribution >= 0.6 is 0 Å². The number of nitriles is 1. The van der Waals surface area contributed by atoms with E-state index in [2.05, 4.69) is 11.0 Å². The first-order valence-corrected chi connectivity index (χ1v) is 4.47. The second-order valence-corrected chi connectivity index (χ2v) is 3.55. The van der Waals surface area contributed by atoms with Gasteiger partial charge in [0.15, 0.2) is 0 Å². The van der Waals surface area contributed by atoms with Gasteiger partial charge in [-0.25, -0.2) is 0 Å². The Morgan fingerprint density at radius 1 is 1.77 bits per heavy atom. The summed E-state index contributed by atoms with van der Waals surface area (Å²) in [5.74, 6) is -0.695. The molecule has 0 aromatic rings. The Hall–Kier alpha value is -1.08. The lowest BCUT2D eigenvalue weighted by Crippen LogP contribution is -2.51. The quantitative estimate of drug-likeness (QED) is 0.689.